The predicted octanol–water partition coefficient (Wildman–Crippen LogP) is 1.88. The molecule has 1 atom stereocenters. The highest BCUT2D eigenvalue weighted by molar-refractivity contribution is 5.51. The summed E-state index contributed by atoms with van der Waals surface area (Å²) in [6, 6.07) is 7.97. The highest BCUT2D eigenvalue weighted by atomic mass is 16.3. The van der Waals surface area contributed by atoms with Crippen LogP contribution in [0.5, 0.6) is 0 Å². The molecule has 76 valence electrons. The minimum atomic E-state index is -0.920. The Morgan fingerprint density at radius 1 is 1.36 bits per heavy atom. The summed E-state index contributed by atoms with van der Waals surface area (Å²) in [4.78, 5) is 10.3. The maximum absolute atomic E-state index is 10.3. The molecule has 2 heteroatoms. The highest BCUT2D eigenvalue weighted by Gasteiger charge is 2.19. The van der Waals surface area contributed by atoms with Crippen molar-refractivity contribution in [3.63, 3.8) is 0 Å². The fourth-order valence-corrected chi connectivity index (χ4v) is 1.40. The monoisotopic (exact) mass is 192 g/mol. The van der Waals surface area contributed by atoms with Crippen LogP contribution in [-0.2, 0) is 11.2 Å². The summed E-state index contributed by atoms with van der Waals surface area (Å²) in [5, 5.41) is 9.81. The summed E-state index contributed by atoms with van der Waals surface area (Å²) in [6.45, 7) is 3.70. The van der Waals surface area contributed by atoms with Crippen LogP contribution in [0.4, 0.5) is 0 Å². The Kier molecular flexibility index (Phi) is 3.42. The molecule has 0 bridgehead atoms. The Bertz CT molecular complexity index is 299. The fraction of sp³-hybridized carbons (Fsp3) is 0.417. The van der Waals surface area contributed by atoms with Crippen LogP contribution in [-0.4, -0.2) is 17.0 Å². The molecule has 2 nitrogen and oxygen atoms in total. The van der Waals surface area contributed by atoms with Gasteiger partial charge in [0.15, 0.2) is 0 Å². The van der Waals surface area contributed by atoms with Crippen LogP contribution in [0.2, 0.25) is 0 Å². The van der Waals surface area contributed by atoms with E-state index in [2.05, 4.69) is 0 Å². The molecule has 0 aliphatic carbocycles. The van der Waals surface area contributed by atoms with E-state index < -0.39 is 5.60 Å². The summed E-state index contributed by atoms with van der Waals surface area (Å²) in [5.74, 6) is 0. The van der Waals surface area contributed by atoms with Gasteiger partial charge in [-0.2, -0.15) is 0 Å². The van der Waals surface area contributed by atoms with Crippen LogP contribution >= 0.6 is 0 Å². The normalized spacial score (nSPS) is 14.8. The number of hydrogen-bond acceptors (Lipinski definition) is 2. The minimum absolute atomic E-state index is 0.181. The van der Waals surface area contributed by atoms with E-state index in [1.165, 1.54) is 5.56 Å². The first-order chi connectivity index (χ1) is 6.53. The first-order valence-corrected chi connectivity index (χ1v) is 4.75. The lowest BCUT2D eigenvalue weighted by Gasteiger charge is -2.20. The smallest absolute Gasteiger partial charge is 0.122 e. The number of aldehydes is 1. The summed E-state index contributed by atoms with van der Waals surface area (Å²) in [6.07, 6.45) is 1.46. The molecule has 0 radical (unpaired) electrons. The van der Waals surface area contributed by atoms with E-state index in [0.29, 0.717) is 6.42 Å². The van der Waals surface area contributed by atoms with Crippen LogP contribution in [0.15, 0.2) is 24.3 Å². The quantitative estimate of drug-likeness (QED) is 0.739. The number of aliphatic hydroxyl groups is 1. The van der Waals surface area contributed by atoms with Gasteiger partial charge in [0, 0.05) is 12.8 Å². The zero-order valence-corrected chi connectivity index (χ0v) is 8.66. The molecule has 0 spiro atoms. The van der Waals surface area contributed by atoms with Crippen molar-refractivity contribution in [3.8, 4) is 0 Å². The van der Waals surface area contributed by atoms with E-state index in [0.717, 1.165) is 11.8 Å². The van der Waals surface area contributed by atoms with E-state index in [9.17, 15) is 9.90 Å². The van der Waals surface area contributed by atoms with Crippen molar-refractivity contribution in [1.29, 1.82) is 0 Å². The summed E-state index contributed by atoms with van der Waals surface area (Å²) >= 11 is 0. The van der Waals surface area contributed by atoms with Gasteiger partial charge in [-0.25, -0.2) is 0 Å². The van der Waals surface area contributed by atoms with Crippen molar-refractivity contribution in [2.24, 2.45) is 0 Å². The second-order valence-corrected chi connectivity index (χ2v) is 4.03. The van der Waals surface area contributed by atoms with Gasteiger partial charge in [0.05, 0.1) is 5.60 Å². The number of benzene rings is 1. The number of hydrogen-bond donors (Lipinski definition) is 1. The van der Waals surface area contributed by atoms with Gasteiger partial charge in [0.2, 0.25) is 0 Å². The first kappa shape index (κ1) is 10.9. The van der Waals surface area contributed by atoms with Crippen molar-refractivity contribution in [1.82, 2.24) is 0 Å². The maximum atomic E-state index is 10.3. The number of carbonyl (C=O) groups excluding carboxylic acids is 1. The lowest BCUT2D eigenvalue weighted by Crippen LogP contribution is -2.27. The average molecular weight is 192 g/mol. The Morgan fingerprint density at radius 2 is 1.93 bits per heavy atom. The third kappa shape index (κ3) is 3.30. The van der Waals surface area contributed by atoms with Gasteiger partial charge in [-0.05, 0) is 19.4 Å². The van der Waals surface area contributed by atoms with Crippen molar-refractivity contribution in [2.45, 2.75) is 32.3 Å². The lowest BCUT2D eigenvalue weighted by atomic mass is 9.93. The predicted molar refractivity (Wildman–Crippen MR) is 56.2 cm³/mol. The highest BCUT2D eigenvalue weighted by Crippen LogP contribution is 2.16. The summed E-state index contributed by atoms with van der Waals surface area (Å²) in [5.41, 5.74) is 1.34. The van der Waals surface area contributed by atoms with Crippen molar-refractivity contribution in [2.75, 3.05) is 0 Å². The molecule has 0 saturated heterocycles. The van der Waals surface area contributed by atoms with Gasteiger partial charge in [-0.3, -0.25) is 0 Å². The van der Waals surface area contributed by atoms with E-state index >= 15 is 0 Å². The van der Waals surface area contributed by atoms with Crippen LogP contribution in [0.3, 0.4) is 0 Å². The molecule has 1 aromatic rings. The summed E-state index contributed by atoms with van der Waals surface area (Å²) < 4.78 is 0. The fourth-order valence-electron chi connectivity index (χ4n) is 1.40. The molecule has 0 fully saturated rings. The molecule has 1 rings (SSSR count). The lowest BCUT2D eigenvalue weighted by molar-refractivity contribution is -0.111. The Hall–Kier alpha value is -1.15. The van der Waals surface area contributed by atoms with Gasteiger partial charge < -0.3 is 9.90 Å². The molecular formula is C12H16O2. The Morgan fingerprint density at radius 3 is 2.43 bits per heavy atom. The van der Waals surface area contributed by atoms with Crippen molar-refractivity contribution < 1.29 is 9.90 Å². The molecule has 1 unspecified atom stereocenters. The molecule has 0 aliphatic heterocycles. The van der Waals surface area contributed by atoms with Gasteiger partial charge in [-0.1, -0.05) is 29.8 Å². The molecule has 14 heavy (non-hydrogen) atoms. The second-order valence-electron chi connectivity index (χ2n) is 4.03. The standard InChI is InChI=1S/C12H16O2/c1-10-3-5-11(6-4-10)9-12(2,14)7-8-13/h3-6,8,14H,7,9H2,1-2H3. The second kappa shape index (κ2) is 4.38. The van der Waals surface area contributed by atoms with Crippen LogP contribution in [0, 0.1) is 6.92 Å². The van der Waals surface area contributed by atoms with E-state index in [1.807, 2.05) is 31.2 Å². The Labute approximate surface area is 84.6 Å². The molecule has 1 aromatic carbocycles. The third-order valence-corrected chi connectivity index (χ3v) is 2.23. The zero-order valence-electron chi connectivity index (χ0n) is 8.66. The van der Waals surface area contributed by atoms with Crippen LogP contribution in [0.1, 0.15) is 24.5 Å². The number of carbonyl (C=O) groups is 1. The van der Waals surface area contributed by atoms with E-state index in [-0.39, 0.29) is 6.42 Å². The number of rotatable bonds is 4. The summed E-state index contributed by atoms with van der Waals surface area (Å²) in [7, 11) is 0. The van der Waals surface area contributed by atoms with Gasteiger partial charge in [0.25, 0.3) is 0 Å². The largest absolute Gasteiger partial charge is 0.389 e. The van der Waals surface area contributed by atoms with E-state index in [4.69, 9.17) is 0 Å². The van der Waals surface area contributed by atoms with Crippen LogP contribution < -0.4 is 0 Å². The molecule has 0 aromatic heterocycles. The molecule has 0 aliphatic rings. The molecule has 0 amide bonds. The van der Waals surface area contributed by atoms with E-state index in [1.54, 1.807) is 6.92 Å². The number of aryl methyl sites for hydroxylation is 1. The van der Waals surface area contributed by atoms with Gasteiger partial charge in [0.1, 0.15) is 6.29 Å². The van der Waals surface area contributed by atoms with Crippen molar-refractivity contribution in [3.05, 3.63) is 35.4 Å². The SMILES string of the molecule is Cc1ccc(CC(C)(O)CC=O)cc1. The topological polar surface area (TPSA) is 37.3 Å². The zero-order chi connectivity index (χ0) is 10.6. The Balaban J connectivity index is 2.68. The molecule has 0 heterocycles. The third-order valence-electron chi connectivity index (χ3n) is 2.23. The van der Waals surface area contributed by atoms with Gasteiger partial charge in [-0.15, -0.1) is 0 Å². The average Bonchev–Trinajstić information content (AvgIpc) is 2.08. The molecular weight excluding hydrogens is 176 g/mol. The van der Waals surface area contributed by atoms with Crippen LogP contribution in [0.25, 0.3) is 0 Å². The maximum Gasteiger partial charge on any atom is 0.122 e. The first-order valence-electron chi connectivity index (χ1n) is 4.75. The van der Waals surface area contributed by atoms with Crippen molar-refractivity contribution >= 4 is 6.29 Å². The molecule has 0 saturated carbocycles. The minimum Gasteiger partial charge on any atom is -0.389 e. The van der Waals surface area contributed by atoms with Gasteiger partial charge >= 0.3 is 0 Å². The molecule has 1 N–H and O–H groups in total.